The van der Waals surface area contributed by atoms with Gasteiger partial charge in [-0.2, -0.15) is 0 Å². The van der Waals surface area contributed by atoms with Gasteiger partial charge in [-0.15, -0.1) is 0 Å². The molecule has 0 saturated heterocycles. The molecule has 1 atom stereocenters. The van der Waals surface area contributed by atoms with E-state index in [0.717, 1.165) is 11.3 Å². The number of nitrogens with two attached hydrogens (primary N) is 1. The molecule has 0 aromatic heterocycles. The van der Waals surface area contributed by atoms with Crippen molar-refractivity contribution in [3.63, 3.8) is 0 Å². The number of ether oxygens (including phenoxy) is 2. The summed E-state index contributed by atoms with van der Waals surface area (Å²) in [6.07, 6.45) is 1.27. The summed E-state index contributed by atoms with van der Waals surface area (Å²) in [4.78, 5) is 46.3. The quantitative estimate of drug-likeness (QED) is 0.206. The molecule has 0 aliphatic carbocycles. The number of aryl methyl sites for hydroxylation is 1. The predicted octanol–water partition coefficient (Wildman–Crippen LogP) is -1.15. The van der Waals surface area contributed by atoms with Gasteiger partial charge in [0.2, 0.25) is 23.6 Å². The minimum Gasteiger partial charge on any atom is -0.492 e. The fourth-order valence-electron chi connectivity index (χ4n) is 2.55. The van der Waals surface area contributed by atoms with Crippen LogP contribution in [0.4, 0.5) is 0 Å². The number of amides is 4. The Hall–Kier alpha value is -3.18. The highest BCUT2D eigenvalue weighted by atomic mass is 16.5. The maximum Gasteiger partial charge on any atom is 0.246 e. The molecule has 0 radical (unpaired) electrons. The average Bonchev–Trinajstić information content (AvgIpc) is 2.82. The first kappa shape index (κ1) is 27.9. The van der Waals surface area contributed by atoms with Gasteiger partial charge in [-0.1, -0.05) is 12.1 Å². The Morgan fingerprint density at radius 3 is 2.27 bits per heavy atom. The number of carbonyl (C=O) groups is 4. The van der Waals surface area contributed by atoms with Gasteiger partial charge >= 0.3 is 0 Å². The minimum atomic E-state index is -0.474. The Labute approximate surface area is 194 Å². The van der Waals surface area contributed by atoms with E-state index >= 15 is 0 Å². The summed E-state index contributed by atoms with van der Waals surface area (Å²) < 4.78 is 10.8. The first-order valence-corrected chi connectivity index (χ1v) is 10.9. The standard InChI is InChI=1S/C22H35N5O6/c1-16(33-15-22(31)27-14-21(30)26-13-20(29)24-2)9-11-25-19(28)8-5-17-3-6-18(7-4-17)32-12-10-23/h3-4,6-7,16H,5,8-15,23H2,1-2H3,(H,24,29)(H,25,28)(H,26,30)(H,27,31). The van der Waals surface area contributed by atoms with Crippen molar-refractivity contribution in [2.75, 3.05) is 46.4 Å². The van der Waals surface area contributed by atoms with Gasteiger partial charge in [-0.3, -0.25) is 19.2 Å². The summed E-state index contributed by atoms with van der Waals surface area (Å²) in [6.45, 7) is 2.54. The normalized spacial score (nSPS) is 11.2. The molecule has 1 aromatic rings. The van der Waals surface area contributed by atoms with Crippen LogP contribution in [-0.2, 0) is 30.3 Å². The van der Waals surface area contributed by atoms with Crippen LogP contribution in [0.2, 0.25) is 0 Å². The number of nitrogens with one attached hydrogen (secondary N) is 4. The van der Waals surface area contributed by atoms with Crippen LogP contribution in [0.25, 0.3) is 0 Å². The second-order valence-electron chi connectivity index (χ2n) is 7.27. The Balaban J connectivity index is 2.11. The van der Waals surface area contributed by atoms with Crippen molar-refractivity contribution < 1.29 is 28.7 Å². The second kappa shape index (κ2) is 16.5. The SMILES string of the molecule is CNC(=O)CNC(=O)CNC(=O)COC(C)CCNC(=O)CCc1ccc(OCCN)cc1. The van der Waals surface area contributed by atoms with Crippen LogP contribution in [0.1, 0.15) is 25.3 Å². The summed E-state index contributed by atoms with van der Waals surface area (Å²) in [5, 5.41) is 9.98. The van der Waals surface area contributed by atoms with E-state index in [1.54, 1.807) is 6.92 Å². The van der Waals surface area contributed by atoms with Crippen LogP contribution in [0, 0.1) is 0 Å². The molecule has 0 bridgehead atoms. The number of carbonyl (C=O) groups excluding carboxylic acids is 4. The molecule has 0 heterocycles. The van der Waals surface area contributed by atoms with Gasteiger partial charge in [0.25, 0.3) is 0 Å². The van der Waals surface area contributed by atoms with Crippen molar-refractivity contribution in [2.24, 2.45) is 5.73 Å². The lowest BCUT2D eigenvalue weighted by Crippen LogP contribution is -2.42. The van der Waals surface area contributed by atoms with E-state index in [1.807, 2.05) is 24.3 Å². The zero-order valence-corrected chi connectivity index (χ0v) is 19.3. The van der Waals surface area contributed by atoms with E-state index in [0.29, 0.717) is 39.0 Å². The molecule has 11 heteroatoms. The number of rotatable bonds is 16. The van der Waals surface area contributed by atoms with Gasteiger partial charge in [0, 0.05) is 26.6 Å². The molecule has 4 amide bonds. The predicted molar refractivity (Wildman–Crippen MR) is 122 cm³/mol. The van der Waals surface area contributed by atoms with Gasteiger partial charge in [-0.05, 0) is 37.5 Å². The summed E-state index contributed by atoms with van der Waals surface area (Å²) in [5.41, 5.74) is 6.44. The van der Waals surface area contributed by atoms with Crippen molar-refractivity contribution in [1.82, 2.24) is 21.3 Å². The fourth-order valence-corrected chi connectivity index (χ4v) is 2.55. The van der Waals surface area contributed by atoms with Gasteiger partial charge in [0.15, 0.2) is 0 Å². The molecule has 0 saturated carbocycles. The average molecular weight is 466 g/mol. The summed E-state index contributed by atoms with van der Waals surface area (Å²) in [7, 11) is 1.46. The summed E-state index contributed by atoms with van der Waals surface area (Å²) >= 11 is 0. The third-order valence-electron chi connectivity index (χ3n) is 4.49. The Bertz CT molecular complexity index is 756. The van der Waals surface area contributed by atoms with E-state index in [-0.39, 0.29) is 37.6 Å². The number of hydrogen-bond acceptors (Lipinski definition) is 7. The maximum absolute atomic E-state index is 12.0. The van der Waals surface area contributed by atoms with Gasteiger partial charge in [-0.25, -0.2) is 0 Å². The largest absolute Gasteiger partial charge is 0.492 e. The summed E-state index contributed by atoms with van der Waals surface area (Å²) in [5.74, 6) is -0.562. The second-order valence-corrected chi connectivity index (χ2v) is 7.27. The molecule has 0 fully saturated rings. The molecule has 1 unspecified atom stereocenters. The first-order chi connectivity index (χ1) is 15.8. The highest BCUT2D eigenvalue weighted by Gasteiger charge is 2.10. The molecule has 1 aromatic carbocycles. The first-order valence-electron chi connectivity index (χ1n) is 10.9. The van der Waals surface area contributed by atoms with Crippen LogP contribution in [0.15, 0.2) is 24.3 Å². The van der Waals surface area contributed by atoms with Gasteiger partial charge < -0.3 is 36.5 Å². The molecule has 0 spiro atoms. The lowest BCUT2D eigenvalue weighted by atomic mass is 10.1. The molecular formula is C22H35N5O6. The third kappa shape index (κ3) is 13.8. The smallest absolute Gasteiger partial charge is 0.246 e. The molecular weight excluding hydrogens is 430 g/mol. The molecule has 184 valence electrons. The molecule has 0 aliphatic heterocycles. The monoisotopic (exact) mass is 465 g/mol. The number of hydrogen-bond donors (Lipinski definition) is 5. The van der Waals surface area contributed by atoms with Crippen LogP contribution in [-0.4, -0.2) is 76.2 Å². The molecule has 0 aliphatic rings. The number of likely N-dealkylation sites (N-methyl/N-ethyl adjacent to an activating group) is 1. The van der Waals surface area contributed by atoms with Crippen LogP contribution in [0.3, 0.4) is 0 Å². The van der Waals surface area contributed by atoms with Gasteiger partial charge in [0.05, 0.1) is 19.2 Å². The molecule has 11 nitrogen and oxygen atoms in total. The minimum absolute atomic E-state index is 0.0637. The van der Waals surface area contributed by atoms with Crippen molar-refractivity contribution in [3.05, 3.63) is 29.8 Å². The maximum atomic E-state index is 12.0. The zero-order chi connectivity index (χ0) is 24.5. The highest BCUT2D eigenvalue weighted by Crippen LogP contribution is 2.13. The molecule has 33 heavy (non-hydrogen) atoms. The van der Waals surface area contributed by atoms with Crippen LogP contribution >= 0.6 is 0 Å². The van der Waals surface area contributed by atoms with E-state index in [2.05, 4.69) is 21.3 Å². The van der Waals surface area contributed by atoms with Crippen molar-refractivity contribution in [1.29, 1.82) is 0 Å². The highest BCUT2D eigenvalue weighted by molar-refractivity contribution is 5.88. The Kier molecular flexibility index (Phi) is 13.9. The van der Waals surface area contributed by atoms with E-state index < -0.39 is 11.8 Å². The molecule has 1 rings (SSSR count). The van der Waals surface area contributed by atoms with Crippen LogP contribution in [0.5, 0.6) is 5.75 Å². The topological polar surface area (TPSA) is 161 Å². The van der Waals surface area contributed by atoms with Crippen molar-refractivity contribution in [3.8, 4) is 5.75 Å². The van der Waals surface area contributed by atoms with Crippen molar-refractivity contribution >= 4 is 23.6 Å². The molecule has 6 N–H and O–H groups in total. The Morgan fingerprint density at radius 1 is 0.939 bits per heavy atom. The number of benzene rings is 1. The van der Waals surface area contributed by atoms with Crippen molar-refractivity contribution in [2.45, 2.75) is 32.3 Å². The summed E-state index contributed by atoms with van der Waals surface area (Å²) in [6, 6.07) is 7.56. The van der Waals surface area contributed by atoms with E-state index in [1.165, 1.54) is 7.05 Å². The zero-order valence-electron chi connectivity index (χ0n) is 19.3. The lowest BCUT2D eigenvalue weighted by molar-refractivity contribution is -0.130. The lowest BCUT2D eigenvalue weighted by Gasteiger charge is -2.13. The van der Waals surface area contributed by atoms with Gasteiger partial charge in [0.1, 0.15) is 19.0 Å². The van der Waals surface area contributed by atoms with E-state index in [9.17, 15) is 19.2 Å². The fraction of sp³-hybridized carbons (Fsp3) is 0.545. The Morgan fingerprint density at radius 2 is 1.61 bits per heavy atom. The van der Waals surface area contributed by atoms with E-state index in [4.69, 9.17) is 15.2 Å². The van der Waals surface area contributed by atoms with Crippen LogP contribution < -0.4 is 31.7 Å². The third-order valence-corrected chi connectivity index (χ3v) is 4.49.